The summed E-state index contributed by atoms with van der Waals surface area (Å²) in [5.41, 5.74) is 5.03. The number of nitrogens with one attached hydrogen (secondary N) is 1. The van der Waals surface area contributed by atoms with Gasteiger partial charge >= 0.3 is 0 Å². The Balaban J connectivity index is 1.95. The lowest BCUT2D eigenvalue weighted by Gasteiger charge is -2.32. The predicted molar refractivity (Wildman–Crippen MR) is 76.8 cm³/mol. The van der Waals surface area contributed by atoms with Gasteiger partial charge in [-0.1, -0.05) is 32.0 Å². The fourth-order valence-electron chi connectivity index (χ4n) is 3.91. The van der Waals surface area contributed by atoms with Crippen LogP contribution in [0.3, 0.4) is 0 Å². The maximum atomic E-state index is 3.81. The summed E-state index contributed by atoms with van der Waals surface area (Å²) in [5.74, 6) is 0.754. The van der Waals surface area contributed by atoms with Crippen molar-refractivity contribution in [1.82, 2.24) is 5.32 Å². The maximum absolute atomic E-state index is 3.81. The van der Waals surface area contributed by atoms with Crippen molar-refractivity contribution in [3.63, 3.8) is 0 Å². The summed E-state index contributed by atoms with van der Waals surface area (Å²) in [4.78, 5) is 0. The average Bonchev–Trinajstić information content (AvgIpc) is 2.95. The summed E-state index contributed by atoms with van der Waals surface area (Å²) in [5, 5.41) is 3.81. The number of hydrogen-bond acceptors (Lipinski definition) is 1. The highest BCUT2D eigenvalue weighted by molar-refractivity contribution is 5.38. The van der Waals surface area contributed by atoms with E-state index >= 15 is 0 Å². The van der Waals surface area contributed by atoms with Gasteiger partial charge in [-0.05, 0) is 67.7 Å². The van der Waals surface area contributed by atoms with E-state index in [-0.39, 0.29) is 5.54 Å². The van der Waals surface area contributed by atoms with Gasteiger partial charge in [-0.15, -0.1) is 0 Å². The molecule has 0 spiro atoms. The summed E-state index contributed by atoms with van der Waals surface area (Å²) >= 11 is 0. The highest BCUT2D eigenvalue weighted by Crippen LogP contribution is 2.38. The van der Waals surface area contributed by atoms with Crippen LogP contribution in [0.4, 0.5) is 0 Å². The molecule has 0 saturated carbocycles. The predicted octanol–water partition coefficient (Wildman–Crippen LogP) is 3.80. The molecule has 1 nitrogen and oxygen atoms in total. The Labute approximate surface area is 111 Å². The lowest BCUT2D eigenvalue weighted by Crippen LogP contribution is -2.38. The molecule has 0 radical (unpaired) electrons. The van der Waals surface area contributed by atoms with E-state index in [9.17, 15) is 0 Å². The Bertz CT molecular complexity index is 427. The first-order chi connectivity index (χ1) is 8.70. The van der Waals surface area contributed by atoms with Gasteiger partial charge in [-0.3, -0.25) is 0 Å². The van der Waals surface area contributed by atoms with E-state index in [4.69, 9.17) is 0 Å². The van der Waals surface area contributed by atoms with Crippen molar-refractivity contribution in [2.45, 2.75) is 57.9 Å². The summed E-state index contributed by atoms with van der Waals surface area (Å²) in [6, 6.07) is 7.29. The number of fused-ring (bicyclic) bond motifs is 1. The SMILES string of the molecule is CC(C)CC1(c2ccc3c(c2)CCC3)CCCN1. The highest BCUT2D eigenvalue weighted by atomic mass is 15.0. The van der Waals surface area contributed by atoms with Crippen LogP contribution in [0.25, 0.3) is 0 Å². The molecule has 2 aliphatic rings. The number of aryl methyl sites for hydroxylation is 2. The minimum absolute atomic E-state index is 0.270. The third kappa shape index (κ3) is 2.09. The van der Waals surface area contributed by atoms with Crippen LogP contribution in [-0.2, 0) is 18.4 Å². The smallest absolute Gasteiger partial charge is 0.0437 e. The van der Waals surface area contributed by atoms with Gasteiger partial charge in [-0.2, -0.15) is 0 Å². The van der Waals surface area contributed by atoms with E-state index in [0.29, 0.717) is 0 Å². The molecule has 1 aliphatic heterocycles. The van der Waals surface area contributed by atoms with Gasteiger partial charge in [0.1, 0.15) is 0 Å². The standard InChI is InChI=1S/C17H25N/c1-13(2)12-17(9-4-10-18-17)16-8-7-14-5-3-6-15(14)11-16/h7-8,11,13,18H,3-6,9-10,12H2,1-2H3. The molecule has 1 N–H and O–H groups in total. The van der Waals surface area contributed by atoms with Crippen molar-refractivity contribution >= 4 is 0 Å². The van der Waals surface area contributed by atoms with Crippen LogP contribution < -0.4 is 5.32 Å². The van der Waals surface area contributed by atoms with E-state index in [1.807, 2.05) is 0 Å². The van der Waals surface area contributed by atoms with Gasteiger partial charge in [0, 0.05) is 5.54 Å². The molecule has 98 valence electrons. The van der Waals surface area contributed by atoms with E-state index < -0.39 is 0 Å². The summed E-state index contributed by atoms with van der Waals surface area (Å²) in [7, 11) is 0. The first-order valence-corrected chi connectivity index (χ1v) is 7.57. The molecule has 1 atom stereocenters. The molecule has 1 aromatic rings. The Morgan fingerprint density at radius 1 is 1.17 bits per heavy atom. The van der Waals surface area contributed by atoms with Gasteiger partial charge in [0.05, 0.1) is 0 Å². The van der Waals surface area contributed by atoms with Crippen molar-refractivity contribution in [3.05, 3.63) is 34.9 Å². The molecule has 18 heavy (non-hydrogen) atoms. The molecule has 1 heterocycles. The fourth-order valence-corrected chi connectivity index (χ4v) is 3.91. The van der Waals surface area contributed by atoms with Gasteiger partial charge in [-0.25, -0.2) is 0 Å². The second kappa shape index (κ2) is 4.70. The van der Waals surface area contributed by atoms with Gasteiger partial charge in [0.2, 0.25) is 0 Å². The monoisotopic (exact) mass is 243 g/mol. The van der Waals surface area contributed by atoms with E-state index in [1.165, 1.54) is 45.1 Å². The average molecular weight is 243 g/mol. The number of rotatable bonds is 3. The first-order valence-electron chi connectivity index (χ1n) is 7.57. The van der Waals surface area contributed by atoms with Crippen LogP contribution in [0, 0.1) is 5.92 Å². The van der Waals surface area contributed by atoms with Crippen molar-refractivity contribution in [2.75, 3.05) is 6.54 Å². The van der Waals surface area contributed by atoms with Crippen LogP contribution in [0.5, 0.6) is 0 Å². The molecule has 1 aliphatic carbocycles. The van der Waals surface area contributed by atoms with Crippen molar-refractivity contribution in [3.8, 4) is 0 Å². The molecule has 0 amide bonds. The molecule has 0 bridgehead atoms. The van der Waals surface area contributed by atoms with Crippen LogP contribution in [-0.4, -0.2) is 6.54 Å². The molecule has 1 unspecified atom stereocenters. The molecule has 1 saturated heterocycles. The molecule has 1 fully saturated rings. The second-order valence-electron chi connectivity index (χ2n) is 6.55. The van der Waals surface area contributed by atoms with E-state index in [2.05, 4.69) is 37.4 Å². The minimum atomic E-state index is 0.270. The van der Waals surface area contributed by atoms with Crippen LogP contribution in [0.2, 0.25) is 0 Å². The maximum Gasteiger partial charge on any atom is 0.0437 e. The van der Waals surface area contributed by atoms with E-state index in [1.54, 1.807) is 16.7 Å². The fraction of sp³-hybridized carbons (Fsp3) is 0.647. The zero-order chi connectivity index (χ0) is 12.6. The Morgan fingerprint density at radius 2 is 2.00 bits per heavy atom. The third-order valence-electron chi connectivity index (χ3n) is 4.65. The Hall–Kier alpha value is -0.820. The Kier molecular flexibility index (Phi) is 3.19. The first kappa shape index (κ1) is 12.2. The quantitative estimate of drug-likeness (QED) is 0.851. The molecule has 1 aromatic carbocycles. The van der Waals surface area contributed by atoms with Crippen LogP contribution >= 0.6 is 0 Å². The minimum Gasteiger partial charge on any atom is -0.307 e. The summed E-state index contributed by atoms with van der Waals surface area (Å²) in [6.45, 7) is 5.87. The Morgan fingerprint density at radius 3 is 2.72 bits per heavy atom. The zero-order valence-electron chi connectivity index (χ0n) is 11.8. The highest BCUT2D eigenvalue weighted by Gasteiger charge is 2.36. The topological polar surface area (TPSA) is 12.0 Å². The lowest BCUT2D eigenvalue weighted by molar-refractivity contribution is 0.311. The largest absolute Gasteiger partial charge is 0.307 e. The van der Waals surface area contributed by atoms with Crippen LogP contribution in [0.15, 0.2) is 18.2 Å². The molecule has 3 rings (SSSR count). The van der Waals surface area contributed by atoms with Crippen LogP contribution in [0.1, 0.15) is 56.2 Å². The van der Waals surface area contributed by atoms with Crippen molar-refractivity contribution < 1.29 is 0 Å². The number of hydrogen-bond donors (Lipinski definition) is 1. The summed E-state index contributed by atoms with van der Waals surface area (Å²) in [6.07, 6.45) is 7.84. The van der Waals surface area contributed by atoms with Gasteiger partial charge in [0.15, 0.2) is 0 Å². The molecule has 1 heteroatoms. The molecular weight excluding hydrogens is 218 g/mol. The van der Waals surface area contributed by atoms with Crippen molar-refractivity contribution in [1.29, 1.82) is 0 Å². The zero-order valence-corrected chi connectivity index (χ0v) is 11.8. The number of benzene rings is 1. The van der Waals surface area contributed by atoms with Gasteiger partial charge < -0.3 is 5.32 Å². The molecule has 0 aromatic heterocycles. The normalized spacial score (nSPS) is 26.8. The van der Waals surface area contributed by atoms with Gasteiger partial charge in [0.25, 0.3) is 0 Å². The lowest BCUT2D eigenvalue weighted by atomic mass is 9.80. The molecular formula is C17H25N. The summed E-state index contributed by atoms with van der Waals surface area (Å²) < 4.78 is 0. The third-order valence-corrected chi connectivity index (χ3v) is 4.65. The second-order valence-corrected chi connectivity index (χ2v) is 6.55. The van der Waals surface area contributed by atoms with Crippen molar-refractivity contribution in [2.24, 2.45) is 5.92 Å². The van der Waals surface area contributed by atoms with E-state index in [0.717, 1.165) is 5.92 Å².